The second-order valence-electron chi connectivity index (χ2n) is 5.75. The number of aromatic amines is 2. The summed E-state index contributed by atoms with van der Waals surface area (Å²) in [4.78, 5) is 6.57. The van der Waals surface area contributed by atoms with Crippen molar-refractivity contribution in [1.82, 2.24) is 20.6 Å². The fourth-order valence-electron chi connectivity index (χ4n) is 2.20. The third-order valence-electron chi connectivity index (χ3n) is 3.35. The summed E-state index contributed by atoms with van der Waals surface area (Å²) in [6.07, 6.45) is 5.07. The Morgan fingerprint density at radius 3 is 2.60 bits per heavy atom. The highest BCUT2D eigenvalue weighted by atomic mass is 14.9. The lowest BCUT2D eigenvalue weighted by molar-refractivity contribution is 0.537. The minimum atomic E-state index is 0.447. The summed E-state index contributed by atoms with van der Waals surface area (Å²) in [7, 11) is 0. The first-order valence-electron chi connectivity index (χ1n) is 7.38. The monoisotopic (exact) mass is 274 g/mol. The fourth-order valence-corrected chi connectivity index (χ4v) is 2.20. The second-order valence-corrected chi connectivity index (χ2v) is 5.75. The average Bonchev–Trinajstić information content (AvgIpc) is 3.05. The summed E-state index contributed by atoms with van der Waals surface area (Å²) in [5, 5.41) is 6.96. The van der Waals surface area contributed by atoms with Crippen molar-refractivity contribution in [3.05, 3.63) is 47.5 Å². The molecule has 4 nitrogen and oxygen atoms in total. The van der Waals surface area contributed by atoms with Gasteiger partial charge in [0.15, 0.2) is 0 Å². The molecule has 1 atom stereocenters. The van der Waals surface area contributed by atoms with Crippen molar-refractivity contribution < 1.29 is 0 Å². The number of hydrogen-bond donors (Lipinski definition) is 4. The highest BCUT2D eigenvalue weighted by Crippen LogP contribution is 2.07. The van der Waals surface area contributed by atoms with E-state index in [2.05, 4.69) is 59.7 Å². The molecule has 20 heavy (non-hydrogen) atoms. The van der Waals surface area contributed by atoms with E-state index < -0.39 is 0 Å². The molecule has 0 amide bonds. The fraction of sp³-hybridized carbons (Fsp3) is 0.500. The molecule has 110 valence electrons. The molecule has 0 aliphatic rings. The SMILES string of the molecule is CC(C)NCc1c[nH]c(CC(C)NCc2ccc[nH]2)c1. The summed E-state index contributed by atoms with van der Waals surface area (Å²) in [5.41, 5.74) is 3.84. The molecule has 0 aliphatic heterocycles. The van der Waals surface area contributed by atoms with Gasteiger partial charge in [-0.25, -0.2) is 0 Å². The Bertz CT molecular complexity index is 484. The van der Waals surface area contributed by atoms with Gasteiger partial charge in [0, 0.05) is 55.4 Å². The van der Waals surface area contributed by atoms with Gasteiger partial charge in [-0.15, -0.1) is 0 Å². The van der Waals surface area contributed by atoms with Gasteiger partial charge in [0.1, 0.15) is 0 Å². The molecule has 1 unspecified atom stereocenters. The molecule has 0 aliphatic carbocycles. The minimum absolute atomic E-state index is 0.447. The molecular formula is C16H26N4. The number of H-pyrrole nitrogens is 2. The van der Waals surface area contributed by atoms with E-state index in [1.54, 1.807) is 0 Å². The lowest BCUT2D eigenvalue weighted by Crippen LogP contribution is -2.27. The van der Waals surface area contributed by atoms with Crippen LogP contribution in [-0.2, 0) is 19.5 Å². The van der Waals surface area contributed by atoms with E-state index in [1.165, 1.54) is 17.0 Å². The highest BCUT2D eigenvalue weighted by Gasteiger charge is 2.06. The third kappa shape index (κ3) is 4.87. The van der Waals surface area contributed by atoms with Crippen LogP contribution < -0.4 is 10.6 Å². The van der Waals surface area contributed by atoms with Crippen molar-refractivity contribution in [3.63, 3.8) is 0 Å². The summed E-state index contributed by atoms with van der Waals surface area (Å²) in [6, 6.07) is 7.35. The lowest BCUT2D eigenvalue weighted by Gasteiger charge is -2.12. The molecule has 0 saturated heterocycles. The number of nitrogens with one attached hydrogen (secondary N) is 4. The Labute approximate surface area is 121 Å². The van der Waals surface area contributed by atoms with Crippen LogP contribution in [0.15, 0.2) is 30.6 Å². The van der Waals surface area contributed by atoms with Gasteiger partial charge in [-0.05, 0) is 30.7 Å². The van der Waals surface area contributed by atoms with Crippen molar-refractivity contribution in [2.24, 2.45) is 0 Å². The summed E-state index contributed by atoms with van der Waals surface area (Å²) < 4.78 is 0. The van der Waals surface area contributed by atoms with Crippen molar-refractivity contribution in [2.45, 2.75) is 52.4 Å². The first-order chi connectivity index (χ1) is 9.63. The average molecular weight is 274 g/mol. The molecule has 2 aromatic heterocycles. The van der Waals surface area contributed by atoms with Gasteiger partial charge in [0.05, 0.1) is 0 Å². The molecule has 0 aromatic carbocycles. The molecule has 4 heteroatoms. The Morgan fingerprint density at radius 1 is 1.05 bits per heavy atom. The van der Waals surface area contributed by atoms with Gasteiger partial charge in [0.2, 0.25) is 0 Å². The molecule has 0 bridgehead atoms. The molecule has 4 N–H and O–H groups in total. The normalized spacial score (nSPS) is 13.0. The summed E-state index contributed by atoms with van der Waals surface area (Å²) in [5.74, 6) is 0. The number of aromatic nitrogens is 2. The Balaban J connectivity index is 1.74. The van der Waals surface area contributed by atoms with Crippen molar-refractivity contribution >= 4 is 0 Å². The van der Waals surface area contributed by atoms with E-state index in [0.717, 1.165) is 19.5 Å². The van der Waals surface area contributed by atoms with Gasteiger partial charge >= 0.3 is 0 Å². The number of hydrogen-bond acceptors (Lipinski definition) is 2. The van der Waals surface area contributed by atoms with E-state index in [1.807, 2.05) is 12.3 Å². The van der Waals surface area contributed by atoms with Crippen LogP contribution in [0.3, 0.4) is 0 Å². The van der Waals surface area contributed by atoms with Crippen LogP contribution in [0.5, 0.6) is 0 Å². The summed E-state index contributed by atoms with van der Waals surface area (Å²) >= 11 is 0. The van der Waals surface area contributed by atoms with Crippen LogP contribution in [0.25, 0.3) is 0 Å². The maximum absolute atomic E-state index is 3.53. The van der Waals surface area contributed by atoms with Crippen LogP contribution in [0.1, 0.15) is 37.7 Å². The van der Waals surface area contributed by atoms with E-state index in [4.69, 9.17) is 0 Å². The van der Waals surface area contributed by atoms with Crippen LogP contribution in [-0.4, -0.2) is 22.1 Å². The molecule has 0 spiro atoms. The molecule has 0 fully saturated rings. The smallest absolute Gasteiger partial charge is 0.0359 e. The van der Waals surface area contributed by atoms with Crippen molar-refractivity contribution in [2.75, 3.05) is 0 Å². The topological polar surface area (TPSA) is 55.6 Å². The predicted octanol–water partition coefficient (Wildman–Crippen LogP) is 2.56. The van der Waals surface area contributed by atoms with Crippen LogP contribution >= 0.6 is 0 Å². The molecule has 0 saturated carbocycles. The number of rotatable bonds is 8. The van der Waals surface area contributed by atoms with Crippen LogP contribution in [0.4, 0.5) is 0 Å². The zero-order valence-electron chi connectivity index (χ0n) is 12.7. The van der Waals surface area contributed by atoms with E-state index in [0.29, 0.717) is 12.1 Å². The maximum atomic E-state index is 3.53. The van der Waals surface area contributed by atoms with Gasteiger partial charge in [-0.1, -0.05) is 13.8 Å². The zero-order valence-corrected chi connectivity index (χ0v) is 12.7. The van der Waals surface area contributed by atoms with E-state index in [-0.39, 0.29) is 0 Å². The standard InChI is InChI=1S/C16H26N4/c1-12(2)18-9-14-8-16(20-10-14)7-13(3)19-11-15-5-4-6-17-15/h4-6,8,10,12-13,17-20H,7,9,11H2,1-3H3. The van der Waals surface area contributed by atoms with E-state index in [9.17, 15) is 0 Å². The molecule has 2 aromatic rings. The summed E-state index contributed by atoms with van der Waals surface area (Å²) in [6.45, 7) is 8.37. The minimum Gasteiger partial charge on any atom is -0.365 e. The van der Waals surface area contributed by atoms with Gasteiger partial charge in [-0.3, -0.25) is 0 Å². The van der Waals surface area contributed by atoms with Crippen molar-refractivity contribution in [1.29, 1.82) is 0 Å². The maximum Gasteiger partial charge on any atom is 0.0359 e. The quantitative estimate of drug-likeness (QED) is 0.598. The molecular weight excluding hydrogens is 248 g/mol. The Morgan fingerprint density at radius 2 is 1.90 bits per heavy atom. The first-order valence-corrected chi connectivity index (χ1v) is 7.38. The molecule has 2 rings (SSSR count). The van der Waals surface area contributed by atoms with Gasteiger partial charge < -0.3 is 20.6 Å². The van der Waals surface area contributed by atoms with Crippen LogP contribution in [0.2, 0.25) is 0 Å². The Hall–Kier alpha value is -1.52. The second kappa shape index (κ2) is 7.31. The van der Waals surface area contributed by atoms with Gasteiger partial charge in [0.25, 0.3) is 0 Å². The lowest BCUT2D eigenvalue weighted by atomic mass is 10.1. The van der Waals surface area contributed by atoms with Gasteiger partial charge in [-0.2, -0.15) is 0 Å². The van der Waals surface area contributed by atoms with E-state index >= 15 is 0 Å². The third-order valence-corrected chi connectivity index (χ3v) is 3.35. The molecule has 2 heterocycles. The zero-order chi connectivity index (χ0) is 14.4. The first kappa shape index (κ1) is 14.9. The van der Waals surface area contributed by atoms with Crippen LogP contribution in [0, 0.1) is 0 Å². The predicted molar refractivity (Wildman–Crippen MR) is 83.6 cm³/mol. The Kier molecular flexibility index (Phi) is 5.44. The highest BCUT2D eigenvalue weighted by molar-refractivity contribution is 5.17. The largest absolute Gasteiger partial charge is 0.365 e. The van der Waals surface area contributed by atoms with Crippen molar-refractivity contribution in [3.8, 4) is 0 Å². The molecule has 0 radical (unpaired) electrons.